The molecule has 0 aromatic heterocycles. The van der Waals surface area contributed by atoms with Crippen LogP contribution < -0.4 is 10.9 Å². The number of benzene rings is 2. The monoisotopic (exact) mass is 450 g/mol. The maximum Gasteiger partial charge on any atom is 0.252 e. The molecule has 2 amide bonds. The van der Waals surface area contributed by atoms with Gasteiger partial charge in [-0.3, -0.25) is 9.59 Å². The Morgan fingerprint density at radius 1 is 0.862 bits per heavy atom. The Morgan fingerprint density at radius 3 is 1.66 bits per heavy atom. The summed E-state index contributed by atoms with van der Waals surface area (Å²) in [5.74, 6) is -0.620. The number of hydrazone groups is 2. The lowest BCUT2D eigenvalue weighted by atomic mass is 10.2. The average Bonchev–Trinajstić information content (AvgIpc) is 2.67. The Hall–Kier alpha value is -2.35. The zero-order chi connectivity index (χ0) is 21.2. The summed E-state index contributed by atoms with van der Waals surface area (Å²) in [4.78, 5) is 24.3. The van der Waals surface area contributed by atoms with Crippen molar-refractivity contribution < 1.29 is 9.59 Å². The van der Waals surface area contributed by atoms with Gasteiger partial charge in [0.25, 0.3) is 11.8 Å². The van der Waals surface area contributed by atoms with Crippen LogP contribution in [0.25, 0.3) is 0 Å². The van der Waals surface area contributed by atoms with Gasteiger partial charge in [-0.25, -0.2) is 10.9 Å². The third kappa shape index (κ3) is 8.27. The SMILES string of the molecule is CC(SC(C)C(=O)N/N=C\c1cccc(Cl)c1)C(=O)NN=Cc1cccc(Cl)c1. The van der Waals surface area contributed by atoms with Gasteiger partial charge in [0.2, 0.25) is 0 Å². The minimum absolute atomic E-state index is 0.310. The van der Waals surface area contributed by atoms with Crippen molar-refractivity contribution in [3.8, 4) is 0 Å². The molecule has 2 atom stereocenters. The predicted octanol–water partition coefficient (Wildman–Crippen LogP) is 4.10. The Labute approximate surface area is 183 Å². The number of carbonyl (C=O) groups is 2. The van der Waals surface area contributed by atoms with Gasteiger partial charge in [-0.1, -0.05) is 47.5 Å². The minimum Gasteiger partial charge on any atom is -0.272 e. The number of thioether (sulfide) groups is 1. The highest BCUT2D eigenvalue weighted by atomic mass is 35.5. The van der Waals surface area contributed by atoms with Crippen LogP contribution in [0, 0.1) is 0 Å². The first-order valence-electron chi connectivity index (χ1n) is 8.67. The zero-order valence-corrected chi connectivity index (χ0v) is 18.1. The molecule has 152 valence electrons. The molecule has 29 heavy (non-hydrogen) atoms. The molecule has 2 N–H and O–H groups in total. The Balaban J connectivity index is 1.78. The summed E-state index contributed by atoms with van der Waals surface area (Å²) >= 11 is 13.0. The van der Waals surface area contributed by atoms with Crippen LogP contribution in [0.1, 0.15) is 25.0 Å². The molecule has 9 heteroatoms. The third-order valence-electron chi connectivity index (χ3n) is 3.62. The molecule has 0 fully saturated rings. The summed E-state index contributed by atoms with van der Waals surface area (Å²) in [5, 5.41) is 8.04. The van der Waals surface area contributed by atoms with Crippen molar-refractivity contribution in [3.05, 3.63) is 69.7 Å². The van der Waals surface area contributed by atoms with Crippen LogP contribution in [-0.2, 0) is 9.59 Å². The van der Waals surface area contributed by atoms with Crippen LogP contribution in [0.2, 0.25) is 10.0 Å². The van der Waals surface area contributed by atoms with Gasteiger partial charge >= 0.3 is 0 Å². The van der Waals surface area contributed by atoms with Gasteiger partial charge in [-0.15, -0.1) is 11.8 Å². The Kier molecular flexibility index (Phi) is 9.18. The van der Waals surface area contributed by atoms with E-state index in [4.69, 9.17) is 23.2 Å². The largest absolute Gasteiger partial charge is 0.272 e. The van der Waals surface area contributed by atoms with Crippen LogP contribution in [0.3, 0.4) is 0 Å². The van der Waals surface area contributed by atoms with Gasteiger partial charge in [0.05, 0.1) is 22.9 Å². The van der Waals surface area contributed by atoms with Gasteiger partial charge < -0.3 is 0 Å². The molecule has 0 saturated heterocycles. The van der Waals surface area contributed by atoms with Crippen molar-refractivity contribution >= 4 is 59.2 Å². The van der Waals surface area contributed by atoms with E-state index in [2.05, 4.69) is 21.1 Å². The molecule has 0 aliphatic rings. The highest BCUT2D eigenvalue weighted by Gasteiger charge is 2.21. The van der Waals surface area contributed by atoms with Crippen LogP contribution in [-0.4, -0.2) is 34.7 Å². The normalized spacial score (nSPS) is 13.4. The second-order valence-electron chi connectivity index (χ2n) is 6.00. The molecular formula is C20H20Cl2N4O2S. The molecule has 2 aromatic rings. The molecule has 0 spiro atoms. The van der Waals surface area contributed by atoms with E-state index in [1.54, 1.807) is 50.2 Å². The quantitative estimate of drug-likeness (QED) is 0.468. The Morgan fingerprint density at radius 2 is 1.28 bits per heavy atom. The first-order chi connectivity index (χ1) is 13.8. The molecule has 0 radical (unpaired) electrons. The molecule has 6 nitrogen and oxygen atoms in total. The van der Waals surface area contributed by atoms with Crippen molar-refractivity contribution in [1.82, 2.24) is 10.9 Å². The summed E-state index contributed by atoms with van der Waals surface area (Å²) in [5.41, 5.74) is 6.45. The van der Waals surface area contributed by atoms with E-state index in [0.717, 1.165) is 11.1 Å². The van der Waals surface area contributed by atoms with E-state index >= 15 is 0 Å². The lowest BCUT2D eigenvalue weighted by Gasteiger charge is -2.14. The third-order valence-corrected chi connectivity index (χ3v) is 5.34. The molecule has 2 rings (SSSR count). The first kappa shape index (κ1) is 22.9. The summed E-state index contributed by atoms with van der Waals surface area (Å²) in [7, 11) is 0. The van der Waals surface area contributed by atoms with Gasteiger partial charge in [0, 0.05) is 10.0 Å². The van der Waals surface area contributed by atoms with Gasteiger partial charge in [0.1, 0.15) is 0 Å². The number of carbonyl (C=O) groups excluding carboxylic acids is 2. The number of nitrogens with zero attached hydrogens (tertiary/aromatic N) is 2. The van der Waals surface area contributed by atoms with Crippen molar-refractivity contribution in [2.75, 3.05) is 0 Å². The molecule has 0 bridgehead atoms. The van der Waals surface area contributed by atoms with E-state index in [1.807, 2.05) is 12.1 Å². The van der Waals surface area contributed by atoms with E-state index in [-0.39, 0.29) is 11.8 Å². The number of halogens is 2. The average molecular weight is 451 g/mol. The highest BCUT2D eigenvalue weighted by molar-refractivity contribution is 8.01. The fourth-order valence-electron chi connectivity index (χ4n) is 2.13. The van der Waals surface area contributed by atoms with Crippen LogP contribution in [0.4, 0.5) is 0 Å². The highest BCUT2D eigenvalue weighted by Crippen LogP contribution is 2.18. The number of hydrogen-bond donors (Lipinski definition) is 2. The van der Waals surface area contributed by atoms with Gasteiger partial charge in [-0.05, 0) is 49.2 Å². The van der Waals surface area contributed by atoms with Crippen LogP contribution >= 0.6 is 35.0 Å². The van der Waals surface area contributed by atoms with Crippen molar-refractivity contribution in [1.29, 1.82) is 0 Å². The topological polar surface area (TPSA) is 82.9 Å². The minimum atomic E-state index is -0.482. The maximum atomic E-state index is 12.1. The molecule has 2 aromatic carbocycles. The van der Waals surface area contributed by atoms with Gasteiger partial charge in [0.15, 0.2) is 0 Å². The summed E-state index contributed by atoms with van der Waals surface area (Å²) < 4.78 is 0. The van der Waals surface area contributed by atoms with E-state index < -0.39 is 10.5 Å². The van der Waals surface area contributed by atoms with Crippen molar-refractivity contribution in [2.24, 2.45) is 10.2 Å². The standard InChI is InChI=1S/C20H20Cl2N4O2S/c1-13(19(27)25-23-11-15-5-3-7-17(21)9-15)29-14(2)20(28)26-24-12-16-6-4-8-18(22)10-16/h3-14H,1-2H3,(H,25,27)(H,26,28)/b23-11-,24-12?. The lowest BCUT2D eigenvalue weighted by molar-refractivity contribution is -0.120. The molecule has 0 aliphatic heterocycles. The zero-order valence-electron chi connectivity index (χ0n) is 15.8. The maximum absolute atomic E-state index is 12.1. The fraction of sp³-hybridized carbons (Fsp3) is 0.200. The van der Waals surface area contributed by atoms with Crippen molar-refractivity contribution in [3.63, 3.8) is 0 Å². The summed E-state index contributed by atoms with van der Waals surface area (Å²) in [6.07, 6.45) is 3.00. The van der Waals surface area contributed by atoms with Crippen LogP contribution in [0.15, 0.2) is 58.7 Å². The smallest absolute Gasteiger partial charge is 0.252 e. The molecule has 0 saturated carbocycles. The molecule has 2 unspecified atom stereocenters. The fourth-order valence-corrected chi connectivity index (χ4v) is 3.49. The van der Waals surface area contributed by atoms with Crippen LogP contribution in [0.5, 0.6) is 0 Å². The first-order valence-corrected chi connectivity index (χ1v) is 10.4. The summed E-state index contributed by atoms with van der Waals surface area (Å²) in [6.45, 7) is 3.40. The predicted molar refractivity (Wildman–Crippen MR) is 121 cm³/mol. The molecule has 0 heterocycles. The number of amides is 2. The Bertz CT molecular complexity index is 847. The van der Waals surface area contributed by atoms with E-state index in [9.17, 15) is 9.59 Å². The second-order valence-corrected chi connectivity index (χ2v) is 8.56. The number of hydrogen-bond acceptors (Lipinski definition) is 5. The second kappa shape index (κ2) is 11.6. The molecular weight excluding hydrogens is 431 g/mol. The summed E-state index contributed by atoms with van der Waals surface area (Å²) in [6, 6.07) is 14.2. The number of nitrogens with one attached hydrogen (secondary N) is 2. The lowest BCUT2D eigenvalue weighted by Crippen LogP contribution is -2.33. The van der Waals surface area contributed by atoms with Crippen molar-refractivity contribution in [2.45, 2.75) is 24.3 Å². The van der Waals surface area contributed by atoms with Gasteiger partial charge in [-0.2, -0.15) is 10.2 Å². The molecule has 0 aliphatic carbocycles. The number of rotatable bonds is 8. The van der Waals surface area contributed by atoms with E-state index in [0.29, 0.717) is 10.0 Å². The van der Waals surface area contributed by atoms with E-state index in [1.165, 1.54) is 24.2 Å².